The van der Waals surface area contributed by atoms with Crippen molar-refractivity contribution in [3.05, 3.63) is 35.9 Å². The van der Waals surface area contributed by atoms with Gasteiger partial charge in [0.25, 0.3) is 0 Å². The molecule has 2 heterocycles. The Kier molecular flexibility index (Phi) is 1.88. The van der Waals surface area contributed by atoms with E-state index in [1.165, 1.54) is 0 Å². The first-order valence-corrected chi connectivity index (χ1v) is 4.24. The minimum atomic E-state index is 0.682. The van der Waals surface area contributed by atoms with Crippen molar-refractivity contribution in [2.24, 2.45) is 0 Å². The van der Waals surface area contributed by atoms with E-state index in [0.717, 1.165) is 11.4 Å². The molecule has 0 aliphatic heterocycles. The highest BCUT2D eigenvalue weighted by Crippen LogP contribution is 1.96. The maximum atomic E-state index is 4.27. The van der Waals surface area contributed by atoms with Crippen LogP contribution in [0.25, 0.3) is 0 Å². The Morgan fingerprint density at radius 1 is 1.00 bits per heavy atom. The van der Waals surface area contributed by atoms with Gasteiger partial charge in [-0.05, 0) is 26.0 Å². The summed E-state index contributed by atoms with van der Waals surface area (Å²) in [5, 5.41) is 8.54. The van der Waals surface area contributed by atoms with Crippen molar-refractivity contribution < 1.29 is 0 Å². The van der Waals surface area contributed by atoms with Gasteiger partial charge in [0, 0.05) is 12.4 Å². The molecule has 0 saturated carbocycles. The third kappa shape index (κ3) is 1.77. The molecule has 0 amide bonds. The molecule has 0 aliphatic rings. The zero-order valence-corrected chi connectivity index (χ0v) is 7.81. The lowest BCUT2D eigenvalue weighted by atomic mass is 10.5. The normalized spacial score (nSPS) is 10.6. The van der Waals surface area contributed by atoms with Gasteiger partial charge in [-0.25, -0.2) is 0 Å². The van der Waals surface area contributed by atoms with Crippen LogP contribution >= 0.6 is 0 Å². The lowest BCUT2D eigenvalue weighted by Gasteiger charge is -2.00. The summed E-state index contributed by atoms with van der Waals surface area (Å²) < 4.78 is 3.73. The topological polar surface area (TPSA) is 35.6 Å². The molecule has 0 aromatic carbocycles. The first-order valence-electron chi connectivity index (χ1n) is 4.24. The van der Waals surface area contributed by atoms with Crippen LogP contribution in [-0.2, 0) is 6.67 Å². The van der Waals surface area contributed by atoms with E-state index < -0.39 is 0 Å². The van der Waals surface area contributed by atoms with Crippen molar-refractivity contribution in [1.29, 1.82) is 0 Å². The summed E-state index contributed by atoms with van der Waals surface area (Å²) in [5.41, 5.74) is 2.06. The van der Waals surface area contributed by atoms with Gasteiger partial charge in [-0.2, -0.15) is 10.2 Å². The molecule has 0 spiro atoms. The van der Waals surface area contributed by atoms with E-state index in [1.54, 1.807) is 0 Å². The molecular weight excluding hydrogens is 164 g/mol. The molecule has 0 unspecified atom stereocenters. The quantitative estimate of drug-likeness (QED) is 0.689. The molecule has 0 radical (unpaired) electrons. The molecule has 0 bridgehead atoms. The zero-order valence-electron chi connectivity index (χ0n) is 7.81. The Labute approximate surface area is 76.8 Å². The van der Waals surface area contributed by atoms with Crippen molar-refractivity contribution in [2.75, 3.05) is 0 Å². The first-order chi connectivity index (χ1) is 6.24. The second-order valence-corrected chi connectivity index (χ2v) is 3.13. The Balaban J connectivity index is 2.14. The summed E-state index contributed by atoms with van der Waals surface area (Å²) in [5.74, 6) is 0. The van der Waals surface area contributed by atoms with Gasteiger partial charge >= 0.3 is 0 Å². The molecule has 0 N–H and O–H groups in total. The van der Waals surface area contributed by atoms with E-state index in [4.69, 9.17) is 0 Å². The molecule has 13 heavy (non-hydrogen) atoms. The minimum Gasteiger partial charge on any atom is -0.251 e. The predicted octanol–water partition coefficient (Wildman–Crippen LogP) is 1.20. The van der Waals surface area contributed by atoms with Crippen molar-refractivity contribution in [3.8, 4) is 0 Å². The molecule has 2 rings (SSSR count). The van der Waals surface area contributed by atoms with Crippen LogP contribution in [0.4, 0.5) is 0 Å². The highest BCUT2D eigenvalue weighted by molar-refractivity contribution is 4.96. The molecule has 4 nitrogen and oxygen atoms in total. The van der Waals surface area contributed by atoms with Crippen LogP contribution in [0.1, 0.15) is 11.4 Å². The van der Waals surface area contributed by atoms with Crippen LogP contribution in [0, 0.1) is 13.8 Å². The zero-order chi connectivity index (χ0) is 9.26. The van der Waals surface area contributed by atoms with E-state index >= 15 is 0 Å². The molecule has 2 aromatic heterocycles. The predicted molar refractivity (Wildman–Crippen MR) is 49.3 cm³/mol. The van der Waals surface area contributed by atoms with Gasteiger partial charge in [-0.3, -0.25) is 9.36 Å². The number of aryl methyl sites for hydroxylation is 2. The van der Waals surface area contributed by atoms with Gasteiger partial charge in [0.05, 0.1) is 11.4 Å². The van der Waals surface area contributed by atoms with E-state index in [0.29, 0.717) is 6.67 Å². The van der Waals surface area contributed by atoms with Crippen LogP contribution in [-0.4, -0.2) is 19.6 Å². The van der Waals surface area contributed by atoms with Crippen LogP contribution in [0.3, 0.4) is 0 Å². The highest BCUT2D eigenvalue weighted by atomic mass is 15.4. The van der Waals surface area contributed by atoms with Crippen LogP contribution in [0.2, 0.25) is 0 Å². The number of rotatable bonds is 2. The fourth-order valence-corrected chi connectivity index (χ4v) is 1.23. The fraction of sp³-hybridized carbons (Fsp3) is 0.333. The van der Waals surface area contributed by atoms with Gasteiger partial charge in [-0.1, -0.05) is 0 Å². The molecule has 0 saturated heterocycles. The maximum Gasteiger partial charge on any atom is 0.133 e. The van der Waals surface area contributed by atoms with Crippen molar-refractivity contribution in [3.63, 3.8) is 0 Å². The van der Waals surface area contributed by atoms with Crippen LogP contribution in [0.15, 0.2) is 24.5 Å². The van der Waals surface area contributed by atoms with E-state index in [1.807, 2.05) is 47.7 Å². The second-order valence-electron chi connectivity index (χ2n) is 3.13. The maximum absolute atomic E-state index is 4.27. The number of hydrogen-bond acceptors (Lipinski definition) is 2. The Morgan fingerprint density at radius 2 is 1.46 bits per heavy atom. The van der Waals surface area contributed by atoms with Gasteiger partial charge in [-0.15, -0.1) is 0 Å². The minimum absolute atomic E-state index is 0.682. The molecule has 0 aliphatic carbocycles. The fourth-order valence-electron chi connectivity index (χ4n) is 1.23. The standard InChI is InChI=1S/C9H12N4/c1-8-3-5-12(10-8)7-13-6-4-9(2)11-13/h3-6H,7H2,1-2H3. The second kappa shape index (κ2) is 3.05. The first kappa shape index (κ1) is 8.04. The summed E-state index contributed by atoms with van der Waals surface area (Å²) in [4.78, 5) is 0. The summed E-state index contributed by atoms with van der Waals surface area (Å²) in [6, 6.07) is 3.96. The number of aromatic nitrogens is 4. The van der Waals surface area contributed by atoms with Gasteiger partial charge < -0.3 is 0 Å². The third-order valence-corrected chi connectivity index (χ3v) is 1.84. The van der Waals surface area contributed by atoms with E-state index in [-0.39, 0.29) is 0 Å². The molecule has 0 atom stereocenters. The Bertz CT molecular complexity index is 361. The smallest absolute Gasteiger partial charge is 0.133 e. The lowest BCUT2D eigenvalue weighted by Crippen LogP contribution is -2.09. The van der Waals surface area contributed by atoms with Crippen molar-refractivity contribution in [1.82, 2.24) is 19.6 Å². The molecule has 68 valence electrons. The van der Waals surface area contributed by atoms with E-state index in [2.05, 4.69) is 10.2 Å². The van der Waals surface area contributed by atoms with Crippen molar-refractivity contribution in [2.45, 2.75) is 20.5 Å². The molecule has 0 fully saturated rings. The summed E-state index contributed by atoms with van der Waals surface area (Å²) in [6.07, 6.45) is 3.90. The number of nitrogens with zero attached hydrogens (tertiary/aromatic N) is 4. The summed E-state index contributed by atoms with van der Waals surface area (Å²) in [6.45, 7) is 4.64. The summed E-state index contributed by atoms with van der Waals surface area (Å²) >= 11 is 0. The Morgan fingerprint density at radius 3 is 1.77 bits per heavy atom. The van der Waals surface area contributed by atoms with Crippen molar-refractivity contribution >= 4 is 0 Å². The Hall–Kier alpha value is -1.58. The SMILES string of the molecule is Cc1ccn(Cn2ccc(C)n2)n1. The molecular formula is C9H12N4. The average molecular weight is 176 g/mol. The van der Waals surface area contributed by atoms with Crippen LogP contribution < -0.4 is 0 Å². The van der Waals surface area contributed by atoms with Gasteiger partial charge in [0.1, 0.15) is 6.67 Å². The molecule has 4 heteroatoms. The third-order valence-electron chi connectivity index (χ3n) is 1.84. The van der Waals surface area contributed by atoms with Gasteiger partial charge in [0.15, 0.2) is 0 Å². The number of hydrogen-bond donors (Lipinski definition) is 0. The van der Waals surface area contributed by atoms with Crippen LogP contribution in [0.5, 0.6) is 0 Å². The monoisotopic (exact) mass is 176 g/mol. The largest absolute Gasteiger partial charge is 0.251 e. The highest BCUT2D eigenvalue weighted by Gasteiger charge is 1.96. The van der Waals surface area contributed by atoms with E-state index in [9.17, 15) is 0 Å². The average Bonchev–Trinajstić information content (AvgIpc) is 2.62. The molecule has 2 aromatic rings. The van der Waals surface area contributed by atoms with Gasteiger partial charge in [0.2, 0.25) is 0 Å². The lowest BCUT2D eigenvalue weighted by molar-refractivity contribution is 0.498. The summed E-state index contributed by atoms with van der Waals surface area (Å²) in [7, 11) is 0.